The summed E-state index contributed by atoms with van der Waals surface area (Å²) in [5.41, 5.74) is 10.9. The lowest BCUT2D eigenvalue weighted by molar-refractivity contribution is 0.832. The number of aryl methyl sites for hydroxylation is 1. The molecule has 0 fully saturated rings. The highest BCUT2D eigenvalue weighted by Crippen LogP contribution is 2.28. The number of rotatable bonds is 3. The molecule has 5 heteroatoms. The van der Waals surface area contributed by atoms with Crippen LogP contribution in [-0.4, -0.2) is 14.8 Å². The third kappa shape index (κ3) is 2.83. The highest BCUT2D eigenvalue weighted by Gasteiger charge is 2.13. The van der Waals surface area contributed by atoms with Crippen molar-refractivity contribution in [2.75, 3.05) is 5.73 Å². The molecular weight excluding hydrogens is 296 g/mol. The van der Waals surface area contributed by atoms with E-state index in [4.69, 9.17) is 17.3 Å². The first-order chi connectivity index (χ1) is 10.5. The molecule has 0 atom stereocenters. The lowest BCUT2D eigenvalue weighted by atomic mass is 10.1. The summed E-state index contributed by atoms with van der Waals surface area (Å²) in [6.45, 7) is 2.09. The zero-order valence-electron chi connectivity index (χ0n) is 12.5. The van der Waals surface area contributed by atoms with Crippen molar-refractivity contribution in [1.82, 2.24) is 14.8 Å². The molecule has 4 nitrogen and oxygen atoms in total. The van der Waals surface area contributed by atoms with Gasteiger partial charge in [-0.1, -0.05) is 17.7 Å². The normalized spacial score (nSPS) is 10.9. The van der Waals surface area contributed by atoms with Crippen LogP contribution in [0.1, 0.15) is 17.0 Å². The van der Waals surface area contributed by atoms with E-state index in [0.717, 1.165) is 22.6 Å². The van der Waals surface area contributed by atoms with Gasteiger partial charge in [0.05, 0.1) is 11.4 Å². The van der Waals surface area contributed by atoms with Gasteiger partial charge in [-0.3, -0.25) is 0 Å². The van der Waals surface area contributed by atoms with Crippen molar-refractivity contribution >= 4 is 17.4 Å². The molecule has 2 heterocycles. The van der Waals surface area contributed by atoms with E-state index < -0.39 is 0 Å². The smallest absolute Gasteiger partial charge is 0.146 e. The summed E-state index contributed by atoms with van der Waals surface area (Å²) < 4.78 is 2.15. The summed E-state index contributed by atoms with van der Waals surface area (Å²) in [5, 5.41) is 8.73. The number of halogens is 1. The monoisotopic (exact) mass is 311 g/mol. The van der Waals surface area contributed by atoms with Crippen molar-refractivity contribution in [3.05, 3.63) is 64.4 Å². The quantitative estimate of drug-likeness (QED) is 0.806. The van der Waals surface area contributed by atoms with Gasteiger partial charge in [0.25, 0.3) is 0 Å². The van der Waals surface area contributed by atoms with E-state index in [1.54, 1.807) is 6.07 Å². The van der Waals surface area contributed by atoms with Crippen LogP contribution < -0.4 is 5.73 Å². The number of aromatic nitrogens is 3. The van der Waals surface area contributed by atoms with Crippen LogP contribution in [0, 0.1) is 13.0 Å². The van der Waals surface area contributed by atoms with E-state index in [9.17, 15) is 0 Å². The molecule has 0 spiro atoms. The summed E-state index contributed by atoms with van der Waals surface area (Å²) >= 11 is 6.09. The molecule has 22 heavy (non-hydrogen) atoms. The number of hydrogen-bond donors (Lipinski definition) is 1. The van der Waals surface area contributed by atoms with Crippen LogP contribution in [0.4, 0.5) is 5.82 Å². The van der Waals surface area contributed by atoms with Crippen LogP contribution in [0.25, 0.3) is 11.3 Å². The Kier molecular flexibility index (Phi) is 3.86. The molecule has 0 aliphatic carbocycles. The van der Waals surface area contributed by atoms with Gasteiger partial charge < -0.3 is 10.3 Å². The largest absolute Gasteiger partial charge is 0.382 e. The van der Waals surface area contributed by atoms with Crippen LogP contribution in [0.15, 0.2) is 36.4 Å². The van der Waals surface area contributed by atoms with E-state index >= 15 is 0 Å². The zero-order chi connectivity index (χ0) is 15.7. The topological polar surface area (TPSA) is 56.7 Å². The SMILES string of the molecule is Cc1cc(Cc2ccc(N)nn2)n(C)c1-c1[c]ccc(Cl)c1. The van der Waals surface area contributed by atoms with E-state index in [-0.39, 0.29) is 0 Å². The van der Waals surface area contributed by atoms with Gasteiger partial charge >= 0.3 is 0 Å². The Hall–Kier alpha value is -2.33. The summed E-state index contributed by atoms with van der Waals surface area (Å²) in [7, 11) is 2.04. The van der Waals surface area contributed by atoms with Crippen molar-refractivity contribution in [1.29, 1.82) is 0 Å². The number of nitrogen functional groups attached to an aromatic ring is 1. The molecule has 111 valence electrons. The molecule has 2 aromatic heterocycles. The van der Waals surface area contributed by atoms with Crippen molar-refractivity contribution in [3.63, 3.8) is 0 Å². The second-order valence-corrected chi connectivity index (χ2v) is 5.71. The number of hydrogen-bond acceptors (Lipinski definition) is 3. The van der Waals surface area contributed by atoms with Crippen LogP contribution in [0.5, 0.6) is 0 Å². The molecule has 0 bridgehead atoms. The van der Waals surface area contributed by atoms with E-state index in [1.165, 1.54) is 5.56 Å². The molecule has 0 saturated carbocycles. The Labute approximate surface area is 134 Å². The molecule has 1 radical (unpaired) electrons. The Morgan fingerprint density at radius 1 is 1.23 bits per heavy atom. The third-order valence-corrected chi connectivity index (χ3v) is 3.88. The predicted octanol–water partition coefficient (Wildman–Crippen LogP) is 3.42. The van der Waals surface area contributed by atoms with Crippen LogP contribution in [-0.2, 0) is 13.5 Å². The number of nitrogens with zero attached hydrogens (tertiary/aromatic N) is 3. The van der Waals surface area contributed by atoms with Gasteiger partial charge in [-0.2, -0.15) is 5.10 Å². The third-order valence-electron chi connectivity index (χ3n) is 3.64. The second-order valence-electron chi connectivity index (χ2n) is 5.27. The minimum Gasteiger partial charge on any atom is -0.382 e. The lowest BCUT2D eigenvalue weighted by Crippen LogP contribution is -2.03. The van der Waals surface area contributed by atoms with Crippen molar-refractivity contribution in [3.8, 4) is 11.3 Å². The van der Waals surface area contributed by atoms with Gasteiger partial charge in [0, 0.05) is 29.7 Å². The van der Waals surface area contributed by atoms with Gasteiger partial charge in [0.15, 0.2) is 0 Å². The van der Waals surface area contributed by atoms with Crippen LogP contribution in [0.3, 0.4) is 0 Å². The summed E-state index contributed by atoms with van der Waals surface area (Å²) in [5.74, 6) is 0.432. The van der Waals surface area contributed by atoms with Gasteiger partial charge in [-0.05, 0) is 48.9 Å². The Morgan fingerprint density at radius 3 is 2.73 bits per heavy atom. The van der Waals surface area contributed by atoms with E-state index in [0.29, 0.717) is 17.3 Å². The van der Waals surface area contributed by atoms with E-state index in [1.807, 2.05) is 31.3 Å². The molecule has 0 aliphatic rings. The fourth-order valence-electron chi connectivity index (χ4n) is 2.61. The maximum absolute atomic E-state index is 6.09. The minimum atomic E-state index is 0.432. The molecular formula is C17H16ClN4. The maximum atomic E-state index is 6.09. The standard InChI is InChI=1S/C17H16ClN4/c1-11-8-15(10-14-6-7-16(19)21-20-14)22(2)17(11)12-4-3-5-13(18)9-12/h3,5-9H,10H2,1-2H3,(H2,19,21). The van der Waals surface area contributed by atoms with Gasteiger partial charge in [0.2, 0.25) is 0 Å². The molecule has 0 saturated heterocycles. The first kappa shape index (κ1) is 14.6. The zero-order valence-corrected chi connectivity index (χ0v) is 13.2. The number of nitrogens with two attached hydrogens (primary N) is 1. The van der Waals surface area contributed by atoms with Gasteiger partial charge in [-0.25, -0.2) is 0 Å². The van der Waals surface area contributed by atoms with Crippen molar-refractivity contribution in [2.45, 2.75) is 13.3 Å². The van der Waals surface area contributed by atoms with Crippen LogP contribution in [0.2, 0.25) is 5.02 Å². The summed E-state index contributed by atoms with van der Waals surface area (Å²) in [6, 6.07) is 14.7. The second kappa shape index (κ2) is 5.81. The highest BCUT2D eigenvalue weighted by atomic mass is 35.5. The highest BCUT2D eigenvalue weighted by molar-refractivity contribution is 6.30. The number of anilines is 1. The van der Waals surface area contributed by atoms with Crippen LogP contribution >= 0.6 is 11.6 Å². The molecule has 0 aliphatic heterocycles. The average molecular weight is 312 g/mol. The Balaban J connectivity index is 1.98. The minimum absolute atomic E-state index is 0.432. The van der Waals surface area contributed by atoms with E-state index in [2.05, 4.69) is 33.8 Å². The fraction of sp³-hybridized carbons (Fsp3) is 0.176. The van der Waals surface area contributed by atoms with Crippen molar-refractivity contribution in [2.24, 2.45) is 7.05 Å². The first-order valence-electron chi connectivity index (χ1n) is 6.95. The molecule has 3 rings (SSSR count). The lowest BCUT2D eigenvalue weighted by Gasteiger charge is -2.09. The fourth-order valence-corrected chi connectivity index (χ4v) is 2.78. The number of benzene rings is 1. The molecule has 3 aromatic rings. The first-order valence-corrected chi connectivity index (χ1v) is 7.33. The molecule has 1 aromatic carbocycles. The molecule has 0 unspecified atom stereocenters. The molecule has 0 amide bonds. The summed E-state index contributed by atoms with van der Waals surface area (Å²) in [6.07, 6.45) is 0.700. The van der Waals surface area contributed by atoms with Gasteiger partial charge in [-0.15, -0.1) is 5.10 Å². The Morgan fingerprint density at radius 2 is 2.05 bits per heavy atom. The molecule has 2 N–H and O–H groups in total. The summed E-state index contributed by atoms with van der Waals surface area (Å²) in [4.78, 5) is 0. The average Bonchev–Trinajstić information content (AvgIpc) is 2.76. The maximum Gasteiger partial charge on any atom is 0.146 e. The van der Waals surface area contributed by atoms with Crippen molar-refractivity contribution < 1.29 is 0 Å². The van der Waals surface area contributed by atoms with Gasteiger partial charge in [0.1, 0.15) is 5.82 Å². The predicted molar refractivity (Wildman–Crippen MR) is 88.7 cm³/mol. The Bertz CT molecular complexity index is 806.